The number of esters is 2. The Morgan fingerprint density at radius 3 is 1.35 bits per heavy atom. The lowest BCUT2D eigenvalue weighted by Crippen LogP contribution is -2.28. The highest BCUT2D eigenvalue weighted by atomic mass is 19.1. The maximum absolute atomic E-state index is 14.8. The van der Waals surface area contributed by atoms with Crippen LogP contribution in [0.3, 0.4) is 0 Å². The monoisotopic (exact) mass is 544 g/mol. The average Bonchev–Trinajstić information content (AvgIpc) is 2.98. The largest absolute Gasteiger partial charge is 0.462 e. The molecule has 2 unspecified atom stereocenters. The van der Waals surface area contributed by atoms with Gasteiger partial charge in [0.25, 0.3) is 0 Å². The third-order valence-corrected chi connectivity index (χ3v) is 6.69. The molecule has 0 fully saturated rings. The van der Waals surface area contributed by atoms with Crippen LogP contribution in [0.25, 0.3) is 22.3 Å². The molecular weight excluding hydrogens is 514 g/mol. The van der Waals surface area contributed by atoms with Crippen LogP contribution < -0.4 is 0 Å². The van der Waals surface area contributed by atoms with Crippen molar-refractivity contribution < 1.29 is 33.0 Å². The van der Waals surface area contributed by atoms with Gasteiger partial charge in [-0.2, -0.15) is 0 Å². The van der Waals surface area contributed by atoms with Crippen molar-refractivity contribution in [1.82, 2.24) is 0 Å². The smallest absolute Gasteiger partial charge is 0.313 e. The Morgan fingerprint density at radius 1 is 0.625 bits per heavy atom. The lowest BCUT2D eigenvalue weighted by atomic mass is 9.97. The van der Waals surface area contributed by atoms with Crippen molar-refractivity contribution in [3.8, 4) is 22.3 Å². The van der Waals surface area contributed by atoms with E-state index in [-0.39, 0.29) is 11.1 Å². The minimum absolute atomic E-state index is 0.166. The predicted molar refractivity (Wildman–Crippen MR) is 148 cm³/mol. The normalized spacial score (nSPS) is 13.2. The summed E-state index contributed by atoms with van der Waals surface area (Å²) >= 11 is 0. The van der Waals surface area contributed by atoms with Crippen LogP contribution in [-0.4, -0.2) is 36.4 Å². The summed E-state index contributed by atoms with van der Waals surface area (Å²) in [7, 11) is 0. The minimum atomic E-state index is -1.30. The molecule has 4 aromatic carbocycles. The van der Waals surface area contributed by atoms with Crippen LogP contribution in [0.2, 0.25) is 0 Å². The van der Waals surface area contributed by atoms with E-state index in [4.69, 9.17) is 9.47 Å². The standard InChI is InChI=1S/C33H30F2O5/c1-21(28-15-13-25(17-30(28)34)23-9-5-3-6-10-23)32(37)39-19-27(36)20-40-33(38)22(2)29-16-14-26(18-31(29)35)24-11-7-4-8-12-24/h3-18,21-22,27,36H,19-20H2,1-2H3. The fourth-order valence-corrected chi connectivity index (χ4v) is 4.29. The van der Waals surface area contributed by atoms with Gasteiger partial charge in [0.1, 0.15) is 31.0 Å². The molecule has 0 radical (unpaired) electrons. The summed E-state index contributed by atoms with van der Waals surface area (Å²) in [5.41, 5.74) is 3.39. The van der Waals surface area contributed by atoms with Crippen LogP contribution in [0, 0.1) is 11.6 Å². The first-order chi connectivity index (χ1) is 19.2. The van der Waals surface area contributed by atoms with Crippen LogP contribution in [0.1, 0.15) is 36.8 Å². The number of halogens is 2. The van der Waals surface area contributed by atoms with E-state index in [1.54, 1.807) is 12.1 Å². The number of hydrogen-bond acceptors (Lipinski definition) is 5. The molecule has 0 spiro atoms. The Morgan fingerprint density at radius 2 is 1.00 bits per heavy atom. The first kappa shape index (κ1) is 28.6. The van der Waals surface area contributed by atoms with Gasteiger partial charge in [-0.05, 0) is 48.2 Å². The fraction of sp³-hybridized carbons (Fsp3) is 0.212. The van der Waals surface area contributed by atoms with Crippen molar-refractivity contribution in [2.45, 2.75) is 31.8 Å². The second-order valence-electron chi connectivity index (χ2n) is 9.56. The van der Waals surface area contributed by atoms with E-state index >= 15 is 0 Å². The lowest BCUT2D eigenvalue weighted by molar-refractivity contribution is -0.153. The Kier molecular flexibility index (Phi) is 9.40. The molecule has 2 atom stereocenters. The first-order valence-corrected chi connectivity index (χ1v) is 13.0. The molecule has 4 rings (SSSR count). The molecule has 0 amide bonds. The van der Waals surface area contributed by atoms with Crippen LogP contribution >= 0.6 is 0 Å². The van der Waals surface area contributed by atoms with Crippen LogP contribution in [0.5, 0.6) is 0 Å². The molecule has 0 bridgehead atoms. The van der Waals surface area contributed by atoms with Gasteiger partial charge in [-0.3, -0.25) is 9.59 Å². The Hall–Kier alpha value is -4.36. The summed E-state index contributed by atoms with van der Waals surface area (Å²) in [6, 6.07) is 27.8. The molecule has 5 nitrogen and oxygen atoms in total. The Bertz CT molecular complexity index is 1350. The number of carbonyl (C=O) groups excluding carboxylic acids is 2. The molecule has 0 saturated heterocycles. The number of aliphatic hydroxyl groups is 1. The van der Waals surface area contributed by atoms with Gasteiger partial charge in [0.05, 0.1) is 11.8 Å². The van der Waals surface area contributed by atoms with Gasteiger partial charge in [-0.1, -0.05) is 84.9 Å². The van der Waals surface area contributed by atoms with Crippen molar-refractivity contribution in [2.75, 3.05) is 13.2 Å². The topological polar surface area (TPSA) is 72.8 Å². The summed E-state index contributed by atoms with van der Waals surface area (Å²) in [6.07, 6.45) is -1.30. The second-order valence-corrected chi connectivity index (χ2v) is 9.56. The summed E-state index contributed by atoms with van der Waals surface area (Å²) in [6.45, 7) is 2.12. The molecule has 40 heavy (non-hydrogen) atoms. The zero-order chi connectivity index (χ0) is 28.6. The number of benzene rings is 4. The van der Waals surface area contributed by atoms with Crippen molar-refractivity contribution in [1.29, 1.82) is 0 Å². The number of carbonyl (C=O) groups is 2. The van der Waals surface area contributed by atoms with Gasteiger partial charge >= 0.3 is 11.9 Å². The maximum atomic E-state index is 14.8. The highest BCUT2D eigenvalue weighted by Gasteiger charge is 2.24. The SMILES string of the molecule is CC(C(=O)OCC(O)COC(=O)C(C)c1ccc(-c2ccccc2)cc1F)c1ccc(-c2ccccc2)cc1F. The molecule has 0 aliphatic heterocycles. The van der Waals surface area contributed by atoms with E-state index in [2.05, 4.69) is 0 Å². The van der Waals surface area contributed by atoms with Crippen molar-refractivity contribution in [3.63, 3.8) is 0 Å². The summed E-state index contributed by atoms with van der Waals surface area (Å²) in [4.78, 5) is 25.0. The van der Waals surface area contributed by atoms with Gasteiger partial charge in [0.15, 0.2) is 0 Å². The molecule has 0 aromatic heterocycles. The molecule has 4 aromatic rings. The van der Waals surface area contributed by atoms with Gasteiger partial charge < -0.3 is 14.6 Å². The minimum Gasteiger partial charge on any atom is -0.462 e. The Labute approximate surface area is 232 Å². The average molecular weight is 545 g/mol. The third-order valence-electron chi connectivity index (χ3n) is 6.69. The number of rotatable bonds is 10. The molecule has 0 aliphatic rings. The predicted octanol–water partition coefficient (Wildman–Crippen LogP) is 6.65. The van der Waals surface area contributed by atoms with Gasteiger partial charge in [-0.15, -0.1) is 0 Å². The summed E-state index contributed by atoms with van der Waals surface area (Å²) in [5, 5.41) is 10.2. The summed E-state index contributed by atoms with van der Waals surface area (Å²) in [5.74, 6) is -4.38. The highest BCUT2D eigenvalue weighted by molar-refractivity contribution is 5.79. The number of ether oxygens (including phenoxy) is 2. The molecule has 0 aliphatic carbocycles. The Balaban J connectivity index is 1.27. The molecular formula is C33H30F2O5. The van der Waals surface area contributed by atoms with Crippen molar-refractivity contribution >= 4 is 11.9 Å². The lowest BCUT2D eigenvalue weighted by Gasteiger charge is -2.17. The number of hydrogen-bond donors (Lipinski definition) is 1. The second kappa shape index (κ2) is 13.1. The zero-order valence-electron chi connectivity index (χ0n) is 22.2. The fourth-order valence-electron chi connectivity index (χ4n) is 4.29. The van der Waals surface area contributed by atoms with Gasteiger partial charge in [0, 0.05) is 11.1 Å². The van der Waals surface area contributed by atoms with E-state index < -0.39 is 54.7 Å². The number of aliphatic hydroxyl groups excluding tert-OH is 1. The summed E-state index contributed by atoms with van der Waals surface area (Å²) < 4.78 is 39.8. The van der Waals surface area contributed by atoms with Gasteiger partial charge in [-0.25, -0.2) is 8.78 Å². The van der Waals surface area contributed by atoms with E-state index in [0.29, 0.717) is 11.1 Å². The van der Waals surface area contributed by atoms with Gasteiger partial charge in [0.2, 0.25) is 0 Å². The van der Waals surface area contributed by atoms with Crippen LogP contribution in [0.4, 0.5) is 8.78 Å². The molecule has 206 valence electrons. The third kappa shape index (κ3) is 6.98. The first-order valence-electron chi connectivity index (χ1n) is 13.0. The maximum Gasteiger partial charge on any atom is 0.313 e. The van der Waals surface area contributed by atoms with Crippen LogP contribution in [0.15, 0.2) is 97.1 Å². The van der Waals surface area contributed by atoms with E-state index in [1.807, 2.05) is 60.7 Å². The van der Waals surface area contributed by atoms with Crippen LogP contribution in [-0.2, 0) is 19.1 Å². The van der Waals surface area contributed by atoms with E-state index in [9.17, 15) is 23.5 Å². The molecule has 0 heterocycles. The van der Waals surface area contributed by atoms with E-state index in [1.165, 1.54) is 38.1 Å². The van der Waals surface area contributed by atoms with Crippen molar-refractivity contribution in [2.24, 2.45) is 0 Å². The zero-order valence-corrected chi connectivity index (χ0v) is 22.2. The van der Waals surface area contributed by atoms with Crippen molar-refractivity contribution in [3.05, 3.63) is 120 Å². The highest BCUT2D eigenvalue weighted by Crippen LogP contribution is 2.28. The quantitative estimate of drug-likeness (QED) is 0.226. The van der Waals surface area contributed by atoms with E-state index in [0.717, 1.165) is 11.1 Å². The molecule has 0 saturated carbocycles. The molecule has 7 heteroatoms. The molecule has 1 N–H and O–H groups in total.